The SMILES string of the molecule is CCCCC(CCC)NC(=S)NCCCOCC. The van der Waals surface area contributed by atoms with Gasteiger partial charge in [0.25, 0.3) is 0 Å². The first-order valence-corrected chi connectivity index (χ1v) is 7.77. The van der Waals surface area contributed by atoms with Crippen LogP contribution in [-0.2, 0) is 4.74 Å². The number of unbranched alkanes of at least 4 members (excludes halogenated alkanes) is 1. The topological polar surface area (TPSA) is 33.3 Å². The van der Waals surface area contributed by atoms with Gasteiger partial charge in [0, 0.05) is 25.8 Å². The Kier molecular flexibility index (Phi) is 12.8. The van der Waals surface area contributed by atoms with Gasteiger partial charge in [-0.05, 0) is 38.4 Å². The van der Waals surface area contributed by atoms with Crippen LogP contribution >= 0.6 is 12.2 Å². The van der Waals surface area contributed by atoms with E-state index in [0.29, 0.717) is 6.04 Å². The number of rotatable bonds is 11. The van der Waals surface area contributed by atoms with Gasteiger partial charge < -0.3 is 15.4 Å². The van der Waals surface area contributed by atoms with Crippen LogP contribution in [0.5, 0.6) is 0 Å². The number of nitrogens with one attached hydrogen (secondary N) is 2. The Morgan fingerprint density at radius 3 is 2.50 bits per heavy atom. The van der Waals surface area contributed by atoms with Crippen LogP contribution in [-0.4, -0.2) is 30.9 Å². The molecule has 0 spiro atoms. The first-order chi connectivity index (χ1) is 8.74. The average molecular weight is 274 g/mol. The fraction of sp³-hybridized carbons (Fsp3) is 0.929. The molecule has 0 aliphatic heterocycles. The molecule has 0 bridgehead atoms. The van der Waals surface area contributed by atoms with Gasteiger partial charge in [-0.1, -0.05) is 33.1 Å². The maximum absolute atomic E-state index is 5.31. The third kappa shape index (κ3) is 10.8. The predicted molar refractivity (Wildman–Crippen MR) is 83.1 cm³/mol. The Bertz CT molecular complexity index is 200. The second kappa shape index (κ2) is 13.1. The van der Waals surface area contributed by atoms with E-state index >= 15 is 0 Å². The molecular weight excluding hydrogens is 244 g/mol. The lowest BCUT2D eigenvalue weighted by Gasteiger charge is -2.20. The molecule has 108 valence electrons. The van der Waals surface area contributed by atoms with Crippen LogP contribution in [0, 0.1) is 0 Å². The molecule has 0 aliphatic carbocycles. The van der Waals surface area contributed by atoms with Crippen LogP contribution < -0.4 is 10.6 Å². The maximum Gasteiger partial charge on any atom is 0.166 e. The zero-order valence-electron chi connectivity index (χ0n) is 12.3. The smallest absolute Gasteiger partial charge is 0.166 e. The summed E-state index contributed by atoms with van der Waals surface area (Å²) in [5, 5.41) is 7.46. The summed E-state index contributed by atoms with van der Waals surface area (Å²) in [6, 6.07) is 0.529. The van der Waals surface area contributed by atoms with E-state index in [9.17, 15) is 0 Å². The van der Waals surface area contributed by atoms with Crippen molar-refractivity contribution >= 4 is 17.3 Å². The molecule has 18 heavy (non-hydrogen) atoms. The Morgan fingerprint density at radius 1 is 1.11 bits per heavy atom. The highest BCUT2D eigenvalue weighted by Gasteiger charge is 2.07. The molecule has 0 aromatic heterocycles. The van der Waals surface area contributed by atoms with Crippen LogP contribution in [0.1, 0.15) is 59.3 Å². The Balaban J connectivity index is 3.66. The summed E-state index contributed by atoms with van der Waals surface area (Å²) in [4.78, 5) is 0. The molecule has 0 saturated carbocycles. The van der Waals surface area contributed by atoms with E-state index < -0.39 is 0 Å². The van der Waals surface area contributed by atoms with Crippen molar-refractivity contribution in [1.82, 2.24) is 10.6 Å². The molecule has 0 heterocycles. The van der Waals surface area contributed by atoms with Crippen molar-refractivity contribution < 1.29 is 4.74 Å². The van der Waals surface area contributed by atoms with Crippen molar-refractivity contribution in [3.63, 3.8) is 0 Å². The fourth-order valence-corrected chi connectivity index (χ4v) is 2.11. The van der Waals surface area contributed by atoms with Crippen LogP contribution in [0.25, 0.3) is 0 Å². The van der Waals surface area contributed by atoms with Crippen molar-refractivity contribution in [3.8, 4) is 0 Å². The lowest BCUT2D eigenvalue weighted by Crippen LogP contribution is -2.42. The van der Waals surface area contributed by atoms with Crippen LogP contribution in [0.2, 0.25) is 0 Å². The highest BCUT2D eigenvalue weighted by molar-refractivity contribution is 7.80. The van der Waals surface area contributed by atoms with E-state index in [1.165, 1.54) is 32.1 Å². The van der Waals surface area contributed by atoms with Gasteiger partial charge in [-0.2, -0.15) is 0 Å². The van der Waals surface area contributed by atoms with Crippen LogP contribution in [0.4, 0.5) is 0 Å². The Labute approximate surface area is 118 Å². The van der Waals surface area contributed by atoms with Crippen LogP contribution in [0.15, 0.2) is 0 Å². The van der Waals surface area contributed by atoms with Gasteiger partial charge in [-0.25, -0.2) is 0 Å². The highest BCUT2D eigenvalue weighted by atomic mass is 32.1. The van der Waals surface area contributed by atoms with E-state index in [1.807, 2.05) is 6.92 Å². The van der Waals surface area contributed by atoms with Crippen molar-refractivity contribution in [3.05, 3.63) is 0 Å². The summed E-state index contributed by atoms with van der Waals surface area (Å²) in [7, 11) is 0. The minimum atomic E-state index is 0.529. The van der Waals surface area contributed by atoms with Gasteiger partial charge in [0.15, 0.2) is 5.11 Å². The lowest BCUT2D eigenvalue weighted by molar-refractivity contribution is 0.145. The minimum absolute atomic E-state index is 0.529. The largest absolute Gasteiger partial charge is 0.382 e. The van der Waals surface area contributed by atoms with E-state index in [0.717, 1.165) is 31.3 Å². The third-order valence-corrected chi connectivity index (χ3v) is 3.10. The van der Waals surface area contributed by atoms with Crippen molar-refractivity contribution in [1.29, 1.82) is 0 Å². The molecule has 0 aliphatic rings. The second-order valence-electron chi connectivity index (χ2n) is 4.58. The van der Waals surface area contributed by atoms with E-state index in [2.05, 4.69) is 24.5 Å². The van der Waals surface area contributed by atoms with Gasteiger partial charge in [0.1, 0.15) is 0 Å². The summed E-state index contributed by atoms with van der Waals surface area (Å²) in [6.45, 7) is 8.95. The highest BCUT2D eigenvalue weighted by Crippen LogP contribution is 2.06. The zero-order valence-corrected chi connectivity index (χ0v) is 13.1. The van der Waals surface area contributed by atoms with Crippen molar-refractivity contribution in [2.75, 3.05) is 19.8 Å². The van der Waals surface area contributed by atoms with E-state index in [4.69, 9.17) is 17.0 Å². The second-order valence-corrected chi connectivity index (χ2v) is 4.99. The molecule has 0 amide bonds. The predicted octanol–water partition coefficient (Wildman–Crippen LogP) is 3.24. The number of ether oxygens (including phenoxy) is 1. The standard InChI is InChI=1S/C14H30N2OS/c1-4-7-10-13(9-5-2)16-14(18)15-11-8-12-17-6-3/h13H,4-12H2,1-3H3,(H2,15,16,18). The molecule has 0 aromatic rings. The molecule has 0 saturated heterocycles. The van der Waals surface area contributed by atoms with Gasteiger partial charge in [-0.3, -0.25) is 0 Å². The molecule has 4 heteroatoms. The maximum atomic E-state index is 5.31. The van der Waals surface area contributed by atoms with Crippen LogP contribution in [0.3, 0.4) is 0 Å². The first-order valence-electron chi connectivity index (χ1n) is 7.36. The normalized spacial score (nSPS) is 12.2. The third-order valence-electron chi connectivity index (χ3n) is 2.83. The molecule has 3 nitrogen and oxygen atoms in total. The molecule has 2 N–H and O–H groups in total. The van der Waals surface area contributed by atoms with E-state index in [1.54, 1.807) is 0 Å². The lowest BCUT2D eigenvalue weighted by atomic mass is 10.1. The summed E-state index contributed by atoms with van der Waals surface area (Å²) in [6.07, 6.45) is 7.13. The van der Waals surface area contributed by atoms with Gasteiger partial charge >= 0.3 is 0 Å². The van der Waals surface area contributed by atoms with Crippen molar-refractivity contribution in [2.45, 2.75) is 65.3 Å². The van der Waals surface area contributed by atoms with Gasteiger partial charge in [0.2, 0.25) is 0 Å². The zero-order chi connectivity index (χ0) is 13.6. The average Bonchev–Trinajstić information content (AvgIpc) is 2.36. The molecule has 0 rings (SSSR count). The summed E-state index contributed by atoms with van der Waals surface area (Å²) >= 11 is 5.31. The summed E-state index contributed by atoms with van der Waals surface area (Å²) in [5.41, 5.74) is 0. The van der Waals surface area contributed by atoms with Crippen molar-refractivity contribution in [2.24, 2.45) is 0 Å². The van der Waals surface area contributed by atoms with E-state index in [-0.39, 0.29) is 0 Å². The molecular formula is C14H30N2OS. The fourth-order valence-electron chi connectivity index (χ4n) is 1.84. The molecule has 1 unspecified atom stereocenters. The summed E-state index contributed by atoms with van der Waals surface area (Å²) in [5.74, 6) is 0. The molecule has 1 atom stereocenters. The quantitative estimate of drug-likeness (QED) is 0.448. The van der Waals surface area contributed by atoms with Gasteiger partial charge in [0.05, 0.1) is 0 Å². The Morgan fingerprint density at radius 2 is 1.89 bits per heavy atom. The summed E-state index contributed by atoms with van der Waals surface area (Å²) < 4.78 is 5.28. The first kappa shape index (κ1) is 17.6. The Hall–Kier alpha value is -0.350. The molecule has 0 aromatic carbocycles. The number of hydrogen-bond donors (Lipinski definition) is 2. The molecule has 0 fully saturated rings. The number of hydrogen-bond acceptors (Lipinski definition) is 2. The number of thiocarbonyl (C=S) groups is 1. The minimum Gasteiger partial charge on any atom is -0.382 e. The molecule has 0 radical (unpaired) electrons. The van der Waals surface area contributed by atoms with Gasteiger partial charge in [-0.15, -0.1) is 0 Å². The monoisotopic (exact) mass is 274 g/mol.